The summed E-state index contributed by atoms with van der Waals surface area (Å²) in [4.78, 5) is 15.6. The monoisotopic (exact) mass is 294 g/mol. The van der Waals surface area contributed by atoms with Gasteiger partial charge in [-0.05, 0) is 32.6 Å². The van der Waals surface area contributed by atoms with Crippen LogP contribution >= 0.6 is 0 Å². The van der Waals surface area contributed by atoms with Gasteiger partial charge in [0, 0.05) is 26.2 Å². The molecule has 6 heteroatoms. The second kappa shape index (κ2) is 8.64. The number of hydrogen-bond donors (Lipinski definition) is 2. The topological polar surface area (TPSA) is 66.0 Å². The molecule has 1 aromatic rings. The molecule has 0 aliphatic carbocycles. The molecular weight excluding hydrogens is 264 g/mol. The van der Waals surface area contributed by atoms with E-state index >= 15 is 0 Å². The van der Waals surface area contributed by atoms with Gasteiger partial charge in [0.1, 0.15) is 0 Å². The van der Waals surface area contributed by atoms with Gasteiger partial charge >= 0.3 is 0 Å². The van der Waals surface area contributed by atoms with Crippen LogP contribution in [0.5, 0.6) is 0 Å². The maximum Gasteiger partial charge on any atom is 0.231 e. The van der Waals surface area contributed by atoms with E-state index in [0.717, 1.165) is 32.1 Å². The number of aromatic nitrogens is 3. The lowest BCUT2D eigenvalue weighted by molar-refractivity contribution is 0.439. The van der Waals surface area contributed by atoms with Gasteiger partial charge in [0.25, 0.3) is 0 Å². The van der Waals surface area contributed by atoms with E-state index in [4.69, 9.17) is 0 Å². The Bertz CT molecular complexity index is 417. The van der Waals surface area contributed by atoms with Crippen LogP contribution < -0.4 is 15.5 Å². The van der Waals surface area contributed by atoms with E-state index in [1.807, 2.05) is 6.92 Å². The van der Waals surface area contributed by atoms with E-state index in [9.17, 15) is 0 Å². The fourth-order valence-corrected chi connectivity index (χ4v) is 1.82. The van der Waals surface area contributed by atoms with E-state index < -0.39 is 0 Å². The van der Waals surface area contributed by atoms with Crippen LogP contribution in [0.4, 0.5) is 17.8 Å². The minimum Gasteiger partial charge on any atom is -0.354 e. The average Bonchev–Trinajstić information content (AvgIpc) is 2.46. The van der Waals surface area contributed by atoms with Crippen molar-refractivity contribution >= 4 is 17.8 Å². The first kappa shape index (κ1) is 17.5. The molecule has 0 aromatic carbocycles. The number of nitrogens with one attached hydrogen (secondary N) is 2. The van der Waals surface area contributed by atoms with Crippen molar-refractivity contribution in [2.75, 3.05) is 41.7 Å². The fraction of sp³-hybridized carbons (Fsp3) is 0.800. The largest absolute Gasteiger partial charge is 0.354 e. The summed E-state index contributed by atoms with van der Waals surface area (Å²) in [6.07, 6.45) is 0. The van der Waals surface area contributed by atoms with Crippen molar-refractivity contribution < 1.29 is 0 Å². The second-order valence-electron chi connectivity index (χ2n) is 5.59. The SMILES string of the molecule is CCNc1nc(NCC(C)C(C)C)nc(N(CC)CC)n1. The second-order valence-corrected chi connectivity index (χ2v) is 5.59. The van der Waals surface area contributed by atoms with Gasteiger partial charge in [-0.3, -0.25) is 0 Å². The van der Waals surface area contributed by atoms with Gasteiger partial charge in [0.15, 0.2) is 0 Å². The highest BCUT2D eigenvalue weighted by molar-refractivity contribution is 5.43. The lowest BCUT2D eigenvalue weighted by Crippen LogP contribution is -2.26. The quantitative estimate of drug-likeness (QED) is 0.730. The van der Waals surface area contributed by atoms with Gasteiger partial charge in [-0.2, -0.15) is 15.0 Å². The summed E-state index contributed by atoms with van der Waals surface area (Å²) in [6, 6.07) is 0. The number of nitrogens with zero attached hydrogens (tertiary/aromatic N) is 4. The summed E-state index contributed by atoms with van der Waals surface area (Å²) in [5, 5.41) is 6.51. The Hall–Kier alpha value is -1.59. The fourth-order valence-electron chi connectivity index (χ4n) is 1.82. The van der Waals surface area contributed by atoms with Gasteiger partial charge in [-0.1, -0.05) is 20.8 Å². The van der Waals surface area contributed by atoms with Crippen LogP contribution in [0.1, 0.15) is 41.5 Å². The summed E-state index contributed by atoms with van der Waals surface area (Å²) < 4.78 is 0. The summed E-state index contributed by atoms with van der Waals surface area (Å²) in [5.74, 6) is 3.21. The van der Waals surface area contributed by atoms with Gasteiger partial charge < -0.3 is 15.5 Å². The normalized spacial score (nSPS) is 12.3. The molecule has 120 valence electrons. The molecule has 0 radical (unpaired) electrons. The Labute approximate surface area is 128 Å². The molecule has 1 unspecified atom stereocenters. The molecular formula is C15H30N6. The first-order valence-corrected chi connectivity index (χ1v) is 8.00. The number of anilines is 3. The Morgan fingerprint density at radius 3 is 1.95 bits per heavy atom. The van der Waals surface area contributed by atoms with E-state index in [1.165, 1.54) is 0 Å². The molecule has 0 fully saturated rings. The van der Waals surface area contributed by atoms with Gasteiger partial charge in [0.05, 0.1) is 0 Å². The maximum absolute atomic E-state index is 4.54. The Balaban J connectivity index is 2.91. The highest BCUT2D eigenvalue weighted by Crippen LogP contribution is 2.15. The molecule has 1 aromatic heterocycles. The summed E-state index contributed by atoms with van der Waals surface area (Å²) >= 11 is 0. The predicted molar refractivity (Wildman–Crippen MR) is 90.0 cm³/mol. The van der Waals surface area contributed by atoms with Crippen LogP contribution in [0, 0.1) is 11.8 Å². The minimum absolute atomic E-state index is 0.571. The van der Waals surface area contributed by atoms with Gasteiger partial charge in [-0.15, -0.1) is 0 Å². The molecule has 2 N–H and O–H groups in total. The van der Waals surface area contributed by atoms with Gasteiger partial charge in [-0.25, -0.2) is 0 Å². The van der Waals surface area contributed by atoms with Gasteiger partial charge in [0.2, 0.25) is 17.8 Å². The highest BCUT2D eigenvalue weighted by Gasteiger charge is 2.12. The van der Waals surface area contributed by atoms with E-state index in [2.05, 4.69) is 65.1 Å². The van der Waals surface area contributed by atoms with Crippen molar-refractivity contribution in [2.45, 2.75) is 41.5 Å². The Kier molecular flexibility index (Phi) is 7.19. The molecule has 1 heterocycles. The number of rotatable bonds is 9. The van der Waals surface area contributed by atoms with Crippen molar-refractivity contribution in [3.8, 4) is 0 Å². The zero-order valence-electron chi connectivity index (χ0n) is 14.3. The van der Waals surface area contributed by atoms with Crippen molar-refractivity contribution in [3.63, 3.8) is 0 Å². The molecule has 0 aliphatic rings. The van der Waals surface area contributed by atoms with Crippen LogP contribution in [0.2, 0.25) is 0 Å². The first-order valence-electron chi connectivity index (χ1n) is 8.00. The van der Waals surface area contributed by atoms with Crippen LogP contribution in [0.3, 0.4) is 0 Å². The highest BCUT2D eigenvalue weighted by atomic mass is 15.3. The Morgan fingerprint density at radius 1 is 0.905 bits per heavy atom. The molecule has 0 amide bonds. The average molecular weight is 294 g/mol. The lowest BCUT2D eigenvalue weighted by Gasteiger charge is -2.21. The van der Waals surface area contributed by atoms with Crippen molar-refractivity contribution in [1.29, 1.82) is 0 Å². The predicted octanol–water partition coefficient (Wildman–Crippen LogP) is 2.85. The standard InChI is InChI=1S/C15H30N6/c1-7-16-13-18-14(17-10-12(6)11(4)5)20-15(19-13)21(8-2)9-3/h11-12H,7-10H2,1-6H3,(H2,16,17,18,19,20). The molecule has 6 nitrogen and oxygen atoms in total. The zero-order valence-corrected chi connectivity index (χ0v) is 14.3. The van der Waals surface area contributed by atoms with Crippen LogP contribution in [0.25, 0.3) is 0 Å². The van der Waals surface area contributed by atoms with Crippen molar-refractivity contribution in [2.24, 2.45) is 11.8 Å². The molecule has 1 atom stereocenters. The summed E-state index contributed by atoms with van der Waals surface area (Å²) in [5.41, 5.74) is 0. The molecule has 0 aliphatic heterocycles. The zero-order chi connectivity index (χ0) is 15.8. The smallest absolute Gasteiger partial charge is 0.231 e. The third-order valence-electron chi connectivity index (χ3n) is 3.73. The van der Waals surface area contributed by atoms with Crippen LogP contribution in [-0.4, -0.2) is 41.1 Å². The van der Waals surface area contributed by atoms with Crippen LogP contribution in [-0.2, 0) is 0 Å². The van der Waals surface area contributed by atoms with Crippen LogP contribution in [0.15, 0.2) is 0 Å². The maximum atomic E-state index is 4.54. The number of hydrogen-bond acceptors (Lipinski definition) is 6. The molecule has 21 heavy (non-hydrogen) atoms. The van der Waals surface area contributed by atoms with Crippen molar-refractivity contribution in [3.05, 3.63) is 0 Å². The Morgan fingerprint density at radius 2 is 1.48 bits per heavy atom. The summed E-state index contributed by atoms with van der Waals surface area (Å²) in [6.45, 7) is 16.4. The first-order chi connectivity index (χ1) is 10.0. The molecule has 0 saturated carbocycles. The van der Waals surface area contributed by atoms with E-state index in [-0.39, 0.29) is 0 Å². The van der Waals surface area contributed by atoms with E-state index in [0.29, 0.717) is 23.7 Å². The molecule has 0 spiro atoms. The minimum atomic E-state index is 0.571. The third-order valence-corrected chi connectivity index (χ3v) is 3.73. The molecule has 0 bridgehead atoms. The molecule has 0 saturated heterocycles. The van der Waals surface area contributed by atoms with Crippen molar-refractivity contribution in [1.82, 2.24) is 15.0 Å². The summed E-state index contributed by atoms with van der Waals surface area (Å²) in [7, 11) is 0. The third kappa shape index (κ3) is 5.36. The lowest BCUT2D eigenvalue weighted by atomic mass is 9.98. The molecule has 1 rings (SSSR count). The van der Waals surface area contributed by atoms with E-state index in [1.54, 1.807) is 0 Å².